The van der Waals surface area contributed by atoms with Crippen molar-refractivity contribution in [3.63, 3.8) is 0 Å². The molecule has 4 heteroatoms. The molecule has 0 saturated carbocycles. The van der Waals surface area contributed by atoms with Crippen molar-refractivity contribution < 1.29 is 4.39 Å². The van der Waals surface area contributed by atoms with Gasteiger partial charge >= 0.3 is 0 Å². The summed E-state index contributed by atoms with van der Waals surface area (Å²) >= 11 is 5.77. The molecule has 1 aliphatic rings. The lowest BCUT2D eigenvalue weighted by Crippen LogP contribution is -2.21. The number of nitrogens with one attached hydrogen (secondary N) is 1. The van der Waals surface area contributed by atoms with E-state index >= 15 is 0 Å². The molecule has 0 amide bonds. The molecule has 1 saturated heterocycles. The molecule has 2 rings (SSSR count). The number of rotatable bonds is 4. The normalized spacial score (nSPS) is 19.6. The van der Waals surface area contributed by atoms with Crippen molar-refractivity contribution in [2.24, 2.45) is 5.92 Å². The smallest absolute Gasteiger partial charge is 0.141 e. The van der Waals surface area contributed by atoms with Gasteiger partial charge in [-0.15, -0.1) is 0 Å². The highest BCUT2D eigenvalue weighted by Crippen LogP contribution is 2.22. The molecule has 1 heterocycles. The summed E-state index contributed by atoms with van der Waals surface area (Å²) in [4.78, 5) is 2.13. The topological polar surface area (TPSA) is 15.3 Å². The van der Waals surface area contributed by atoms with Crippen molar-refractivity contribution in [2.75, 3.05) is 31.6 Å². The van der Waals surface area contributed by atoms with E-state index in [-0.39, 0.29) is 10.8 Å². The van der Waals surface area contributed by atoms with E-state index in [4.69, 9.17) is 11.6 Å². The Balaban J connectivity index is 1.89. The zero-order valence-electron chi connectivity index (χ0n) is 10.0. The highest BCUT2D eigenvalue weighted by atomic mass is 35.5. The van der Waals surface area contributed by atoms with Crippen LogP contribution in [0.2, 0.25) is 5.02 Å². The zero-order chi connectivity index (χ0) is 12.3. The molecule has 1 fully saturated rings. The lowest BCUT2D eigenvalue weighted by Gasteiger charge is -2.21. The predicted octanol–water partition coefficient (Wildman–Crippen LogP) is 2.91. The largest absolute Gasteiger partial charge is 0.375 e. The van der Waals surface area contributed by atoms with Crippen LogP contribution in [0, 0.1) is 11.7 Å². The van der Waals surface area contributed by atoms with E-state index < -0.39 is 0 Å². The fourth-order valence-electron chi connectivity index (χ4n) is 2.19. The number of benzene rings is 1. The first kappa shape index (κ1) is 12.7. The van der Waals surface area contributed by atoms with Gasteiger partial charge in [-0.05, 0) is 50.0 Å². The Labute approximate surface area is 107 Å². The Hall–Kier alpha value is -0.800. The molecule has 1 aromatic rings. The third-order valence-electron chi connectivity index (χ3n) is 3.38. The van der Waals surface area contributed by atoms with E-state index in [1.165, 1.54) is 18.9 Å². The van der Waals surface area contributed by atoms with Gasteiger partial charge in [0.1, 0.15) is 5.82 Å². The van der Waals surface area contributed by atoms with Gasteiger partial charge in [-0.25, -0.2) is 4.39 Å². The summed E-state index contributed by atoms with van der Waals surface area (Å²) in [6, 6.07) is 4.88. The van der Waals surface area contributed by atoms with Crippen molar-refractivity contribution in [1.29, 1.82) is 0 Å². The average molecular weight is 257 g/mol. The SMILES string of the molecule is CN(CCC1CCNC1)c1ccc(F)c(Cl)c1. The molecule has 1 aromatic carbocycles. The molecule has 1 aliphatic heterocycles. The summed E-state index contributed by atoms with van der Waals surface area (Å²) in [6.07, 6.45) is 2.43. The van der Waals surface area contributed by atoms with Crippen LogP contribution in [0.3, 0.4) is 0 Å². The minimum atomic E-state index is -0.358. The van der Waals surface area contributed by atoms with Gasteiger partial charge in [0, 0.05) is 19.3 Å². The Morgan fingerprint density at radius 2 is 2.35 bits per heavy atom. The first-order valence-electron chi connectivity index (χ1n) is 6.03. The van der Waals surface area contributed by atoms with E-state index in [2.05, 4.69) is 10.2 Å². The van der Waals surface area contributed by atoms with Crippen LogP contribution < -0.4 is 10.2 Å². The molecule has 1 N–H and O–H groups in total. The van der Waals surface area contributed by atoms with Gasteiger partial charge in [-0.1, -0.05) is 11.6 Å². The highest BCUT2D eigenvalue weighted by molar-refractivity contribution is 6.31. The monoisotopic (exact) mass is 256 g/mol. The van der Waals surface area contributed by atoms with Crippen molar-refractivity contribution in [3.8, 4) is 0 Å². The van der Waals surface area contributed by atoms with E-state index in [9.17, 15) is 4.39 Å². The van der Waals surface area contributed by atoms with E-state index in [0.29, 0.717) is 0 Å². The van der Waals surface area contributed by atoms with Crippen LogP contribution in [0.4, 0.5) is 10.1 Å². The third kappa shape index (κ3) is 3.33. The molecule has 0 spiro atoms. The Kier molecular flexibility index (Phi) is 4.24. The van der Waals surface area contributed by atoms with Crippen LogP contribution in [0.1, 0.15) is 12.8 Å². The second-order valence-corrected chi connectivity index (χ2v) is 5.07. The first-order chi connectivity index (χ1) is 8.16. The number of hydrogen-bond acceptors (Lipinski definition) is 2. The van der Waals surface area contributed by atoms with E-state index in [1.54, 1.807) is 12.1 Å². The third-order valence-corrected chi connectivity index (χ3v) is 3.67. The molecule has 1 unspecified atom stereocenters. The lowest BCUT2D eigenvalue weighted by molar-refractivity contribution is 0.533. The van der Waals surface area contributed by atoms with Gasteiger partial charge in [0.25, 0.3) is 0 Å². The molecule has 0 aliphatic carbocycles. The van der Waals surface area contributed by atoms with Gasteiger partial charge in [0.2, 0.25) is 0 Å². The minimum Gasteiger partial charge on any atom is -0.375 e. The molecular weight excluding hydrogens is 239 g/mol. The first-order valence-corrected chi connectivity index (χ1v) is 6.41. The van der Waals surface area contributed by atoms with Gasteiger partial charge in [0.15, 0.2) is 0 Å². The minimum absolute atomic E-state index is 0.192. The molecule has 0 bridgehead atoms. The number of halogens is 2. The van der Waals surface area contributed by atoms with Gasteiger partial charge < -0.3 is 10.2 Å². The van der Waals surface area contributed by atoms with Crippen LogP contribution in [0.15, 0.2) is 18.2 Å². The maximum atomic E-state index is 13.0. The fraction of sp³-hybridized carbons (Fsp3) is 0.538. The Morgan fingerprint density at radius 1 is 1.53 bits per heavy atom. The summed E-state index contributed by atoms with van der Waals surface area (Å²) in [6.45, 7) is 3.24. The number of hydrogen-bond donors (Lipinski definition) is 1. The van der Waals surface area contributed by atoms with Crippen molar-refractivity contribution in [1.82, 2.24) is 5.32 Å². The quantitative estimate of drug-likeness (QED) is 0.891. The predicted molar refractivity (Wildman–Crippen MR) is 70.3 cm³/mol. The molecular formula is C13H18ClFN2. The molecule has 2 nitrogen and oxygen atoms in total. The maximum absolute atomic E-state index is 13.0. The molecule has 94 valence electrons. The zero-order valence-corrected chi connectivity index (χ0v) is 10.8. The van der Waals surface area contributed by atoms with Crippen molar-refractivity contribution in [2.45, 2.75) is 12.8 Å². The Morgan fingerprint density at radius 3 is 3.00 bits per heavy atom. The average Bonchev–Trinajstić information content (AvgIpc) is 2.82. The molecule has 0 aromatic heterocycles. The highest BCUT2D eigenvalue weighted by Gasteiger charge is 2.15. The molecule has 17 heavy (non-hydrogen) atoms. The van der Waals surface area contributed by atoms with Crippen LogP contribution in [0.25, 0.3) is 0 Å². The molecule has 1 atom stereocenters. The fourth-order valence-corrected chi connectivity index (χ4v) is 2.36. The summed E-state index contributed by atoms with van der Waals surface area (Å²) in [5.41, 5.74) is 0.974. The summed E-state index contributed by atoms with van der Waals surface area (Å²) in [5.74, 6) is 0.414. The van der Waals surface area contributed by atoms with Crippen LogP contribution in [-0.4, -0.2) is 26.7 Å². The van der Waals surface area contributed by atoms with Crippen LogP contribution >= 0.6 is 11.6 Å². The van der Waals surface area contributed by atoms with Gasteiger partial charge in [0.05, 0.1) is 5.02 Å². The second-order valence-electron chi connectivity index (χ2n) is 4.67. The second kappa shape index (κ2) is 5.69. The van der Waals surface area contributed by atoms with Gasteiger partial charge in [-0.2, -0.15) is 0 Å². The summed E-state index contributed by atoms with van der Waals surface area (Å²) in [7, 11) is 2.02. The maximum Gasteiger partial charge on any atom is 0.141 e. The van der Waals surface area contributed by atoms with Crippen molar-refractivity contribution >= 4 is 17.3 Å². The summed E-state index contributed by atoms with van der Waals surface area (Å²) < 4.78 is 13.0. The number of anilines is 1. The van der Waals surface area contributed by atoms with E-state index in [1.807, 2.05) is 7.05 Å². The summed E-state index contributed by atoms with van der Waals surface area (Å²) in [5, 5.41) is 3.55. The number of nitrogens with zero attached hydrogens (tertiary/aromatic N) is 1. The van der Waals surface area contributed by atoms with Crippen molar-refractivity contribution in [3.05, 3.63) is 29.0 Å². The van der Waals surface area contributed by atoms with Crippen LogP contribution in [0.5, 0.6) is 0 Å². The van der Waals surface area contributed by atoms with Gasteiger partial charge in [-0.3, -0.25) is 0 Å². The van der Waals surface area contributed by atoms with E-state index in [0.717, 1.165) is 31.2 Å². The van der Waals surface area contributed by atoms with Crippen LogP contribution in [-0.2, 0) is 0 Å². The standard InChI is InChI=1S/C13H18ClFN2/c1-17(7-5-10-4-6-16-9-10)11-2-3-13(15)12(14)8-11/h2-3,8,10,16H,4-7,9H2,1H3. The molecule has 0 radical (unpaired) electrons. The Bertz CT molecular complexity index is 378. The lowest BCUT2D eigenvalue weighted by atomic mass is 10.0.